The van der Waals surface area contributed by atoms with E-state index in [4.69, 9.17) is 4.74 Å². The second-order valence-corrected chi connectivity index (χ2v) is 9.83. The fourth-order valence-electron chi connectivity index (χ4n) is 4.21. The SMILES string of the molecule is CC(=O)N1CCC(CF)CC1.CCC.CCCOc1ccc(-c2ccc3nc(NC(C)=O)[nH]c3c2)cc1CC. The van der Waals surface area contributed by atoms with Crippen LogP contribution in [0, 0.1) is 5.92 Å². The van der Waals surface area contributed by atoms with E-state index in [2.05, 4.69) is 61.2 Å². The van der Waals surface area contributed by atoms with Crippen LogP contribution >= 0.6 is 0 Å². The summed E-state index contributed by atoms with van der Waals surface area (Å²) in [5, 5.41) is 2.68. The molecular weight excluding hydrogens is 495 g/mol. The number of alkyl halides is 1. The van der Waals surface area contributed by atoms with Gasteiger partial charge in [0.1, 0.15) is 5.75 Å². The molecule has 7 nitrogen and oxygen atoms in total. The van der Waals surface area contributed by atoms with Crippen molar-refractivity contribution in [3.63, 3.8) is 0 Å². The number of H-pyrrole nitrogens is 1. The van der Waals surface area contributed by atoms with Gasteiger partial charge in [-0.15, -0.1) is 0 Å². The fourth-order valence-corrected chi connectivity index (χ4v) is 4.21. The van der Waals surface area contributed by atoms with Crippen LogP contribution in [0.25, 0.3) is 22.2 Å². The van der Waals surface area contributed by atoms with E-state index in [1.54, 1.807) is 11.8 Å². The molecule has 0 unspecified atom stereocenters. The fraction of sp³-hybridized carbons (Fsp3) is 0.516. The Hall–Kier alpha value is -3.42. The van der Waals surface area contributed by atoms with Gasteiger partial charge in [-0.25, -0.2) is 4.98 Å². The number of nitrogens with zero attached hydrogens (tertiary/aromatic N) is 2. The number of likely N-dealkylation sites (tertiary alicyclic amines) is 1. The molecule has 0 radical (unpaired) electrons. The second-order valence-electron chi connectivity index (χ2n) is 9.83. The molecule has 0 aliphatic carbocycles. The number of amides is 2. The number of carbonyl (C=O) groups excluding carboxylic acids is 2. The number of hydrogen-bond donors (Lipinski definition) is 2. The van der Waals surface area contributed by atoms with Crippen molar-refractivity contribution in [3.05, 3.63) is 42.0 Å². The number of imidazole rings is 1. The van der Waals surface area contributed by atoms with Crippen LogP contribution in [-0.4, -0.2) is 53.1 Å². The highest BCUT2D eigenvalue weighted by atomic mass is 19.1. The summed E-state index contributed by atoms with van der Waals surface area (Å²) in [4.78, 5) is 31.3. The first kappa shape index (κ1) is 31.8. The zero-order chi connectivity index (χ0) is 28.8. The topological polar surface area (TPSA) is 87.3 Å². The van der Waals surface area contributed by atoms with Gasteiger partial charge >= 0.3 is 0 Å². The smallest absolute Gasteiger partial charge is 0.223 e. The predicted octanol–water partition coefficient (Wildman–Crippen LogP) is 7.17. The van der Waals surface area contributed by atoms with Crippen LogP contribution in [-0.2, 0) is 16.0 Å². The van der Waals surface area contributed by atoms with E-state index in [1.165, 1.54) is 18.9 Å². The number of aryl methyl sites for hydroxylation is 1. The number of fused-ring (bicyclic) bond motifs is 1. The summed E-state index contributed by atoms with van der Waals surface area (Å²) in [5.41, 5.74) is 5.16. The molecule has 4 rings (SSSR count). The van der Waals surface area contributed by atoms with E-state index in [0.717, 1.165) is 73.3 Å². The molecule has 1 aromatic heterocycles. The van der Waals surface area contributed by atoms with Crippen molar-refractivity contribution < 1.29 is 18.7 Å². The predicted molar refractivity (Wildman–Crippen MR) is 158 cm³/mol. The van der Waals surface area contributed by atoms with Gasteiger partial charge < -0.3 is 14.6 Å². The number of anilines is 1. The first-order valence-corrected chi connectivity index (χ1v) is 14.1. The molecule has 1 fully saturated rings. The van der Waals surface area contributed by atoms with E-state index < -0.39 is 0 Å². The zero-order valence-electron chi connectivity index (χ0n) is 24.4. The van der Waals surface area contributed by atoms with E-state index >= 15 is 0 Å². The Labute approximate surface area is 232 Å². The average Bonchev–Trinajstić information content (AvgIpc) is 3.33. The van der Waals surface area contributed by atoms with Crippen molar-refractivity contribution >= 4 is 28.8 Å². The van der Waals surface area contributed by atoms with Crippen LogP contribution < -0.4 is 10.1 Å². The third-order valence-corrected chi connectivity index (χ3v) is 6.29. The number of carbonyl (C=O) groups is 2. The van der Waals surface area contributed by atoms with Crippen molar-refractivity contribution in [2.75, 3.05) is 31.7 Å². The number of nitrogens with one attached hydrogen (secondary N) is 2. The average molecular weight is 541 g/mol. The highest BCUT2D eigenvalue weighted by Gasteiger charge is 2.20. The summed E-state index contributed by atoms with van der Waals surface area (Å²) in [6, 6.07) is 12.4. The number of piperidine rings is 1. The minimum Gasteiger partial charge on any atom is -0.493 e. The molecule has 2 heterocycles. The maximum Gasteiger partial charge on any atom is 0.223 e. The van der Waals surface area contributed by atoms with Crippen LogP contribution in [0.4, 0.5) is 10.3 Å². The first-order chi connectivity index (χ1) is 18.8. The Balaban J connectivity index is 0.000000317. The lowest BCUT2D eigenvalue weighted by Crippen LogP contribution is -2.37. The molecule has 1 saturated heterocycles. The third kappa shape index (κ3) is 10.0. The van der Waals surface area contributed by atoms with Crippen molar-refractivity contribution in [1.29, 1.82) is 0 Å². The van der Waals surface area contributed by atoms with E-state index in [1.807, 2.05) is 18.2 Å². The molecular formula is C31H45FN4O3. The number of aromatic nitrogens is 2. The summed E-state index contributed by atoms with van der Waals surface area (Å²) < 4.78 is 17.9. The lowest BCUT2D eigenvalue weighted by molar-refractivity contribution is -0.130. The molecule has 1 aliphatic heterocycles. The number of halogens is 1. The minimum atomic E-state index is -0.230. The minimum absolute atomic E-state index is 0.113. The summed E-state index contributed by atoms with van der Waals surface area (Å²) >= 11 is 0. The third-order valence-electron chi connectivity index (χ3n) is 6.29. The monoisotopic (exact) mass is 540 g/mol. The van der Waals surface area contributed by atoms with Crippen molar-refractivity contribution in [2.24, 2.45) is 5.92 Å². The number of aromatic amines is 1. The molecule has 0 spiro atoms. The Morgan fingerprint density at radius 3 is 2.26 bits per heavy atom. The summed E-state index contributed by atoms with van der Waals surface area (Å²) in [7, 11) is 0. The number of benzene rings is 2. The van der Waals surface area contributed by atoms with Crippen LogP contribution in [0.5, 0.6) is 5.75 Å². The molecule has 2 aromatic carbocycles. The Morgan fingerprint density at radius 2 is 1.69 bits per heavy atom. The van der Waals surface area contributed by atoms with Gasteiger partial charge in [-0.05, 0) is 72.6 Å². The van der Waals surface area contributed by atoms with Gasteiger partial charge in [-0.2, -0.15) is 0 Å². The molecule has 214 valence electrons. The molecule has 8 heteroatoms. The summed E-state index contributed by atoms with van der Waals surface area (Å²) in [6.07, 6.45) is 4.83. The molecule has 2 amide bonds. The Kier molecular flexibility index (Phi) is 13.5. The molecule has 0 saturated carbocycles. The largest absolute Gasteiger partial charge is 0.493 e. The van der Waals surface area contributed by atoms with Gasteiger partial charge in [0.25, 0.3) is 0 Å². The van der Waals surface area contributed by atoms with Crippen molar-refractivity contribution in [3.8, 4) is 16.9 Å². The van der Waals surface area contributed by atoms with Crippen LogP contribution in [0.1, 0.15) is 72.8 Å². The first-order valence-electron chi connectivity index (χ1n) is 14.1. The van der Waals surface area contributed by atoms with Gasteiger partial charge in [0.05, 0.1) is 24.3 Å². The number of ether oxygens (including phenoxy) is 1. The van der Waals surface area contributed by atoms with E-state index in [9.17, 15) is 14.0 Å². The Bertz CT molecular complexity index is 1190. The molecule has 39 heavy (non-hydrogen) atoms. The lowest BCUT2D eigenvalue weighted by atomic mass is 9.98. The van der Waals surface area contributed by atoms with Crippen molar-refractivity contribution in [2.45, 2.75) is 73.6 Å². The highest BCUT2D eigenvalue weighted by molar-refractivity contribution is 5.90. The normalized spacial score (nSPS) is 13.2. The van der Waals surface area contributed by atoms with Gasteiger partial charge in [-0.1, -0.05) is 46.2 Å². The van der Waals surface area contributed by atoms with Crippen LogP contribution in [0.3, 0.4) is 0 Å². The van der Waals surface area contributed by atoms with Gasteiger partial charge in [0, 0.05) is 26.9 Å². The maximum absolute atomic E-state index is 12.1. The van der Waals surface area contributed by atoms with Gasteiger partial charge in [0.2, 0.25) is 17.8 Å². The van der Waals surface area contributed by atoms with Gasteiger partial charge in [-0.3, -0.25) is 19.3 Å². The second kappa shape index (κ2) is 16.5. The van der Waals surface area contributed by atoms with E-state index in [0.29, 0.717) is 5.95 Å². The van der Waals surface area contributed by atoms with Gasteiger partial charge in [0.15, 0.2) is 0 Å². The zero-order valence-corrected chi connectivity index (χ0v) is 24.4. The molecule has 3 aromatic rings. The molecule has 0 bridgehead atoms. The lowest BCUT2D eigenvalue weighted by Gasteiger charge is -2.29. The van der Waals surface area contributed by atoms with Crippen molar-refractivity contribution in [1.82, 2.24) is 14.9 Å². The van der Waals surface area contributed by atoms with Crippen LogP contribution in [0.15, 0.2) is 36.4 Å². The summed E-state index contributed by atoms with van der Waals surface area (Å²) in [5.74, 6) is 1.60. The van der Waals surface area contributed by atoms with E-state index in [-0.39, 0.29) is 24.4 Å². The number of hydrogen-bond acceptors (Lipinski definition) is 4. The number of rotatable bonds is 7. The Morgan fingerprint density at radius 1 is 1.05 bits per heavy atom. The summed E-state index contributed by atoms with van der Waals surface area (Å²) in [6.45, 7) is 13.5. The molecule has 0 atom stereocenters. The standard InChI is InChI=1S/C20H23N3O2.C8H14FNO.C3H8/c1-4-10-25-19-9-7-15(11-14(19)5-2)16-6-8-17-18(12-16)23-20(22-17)21-13(3)24;1-7(11)10-4-2-8(6-9)3-5-10;1-3-2/h6-9,11-12H,4-5,10H2,1-3H3,(H2,21,22,23,24);8H,2-6H2,1H3;3H2,1-2H3. The quantitative estimate of drug-likeness (QED) is 0.333. The molecule has 2 N–H and O–H groups in total. The van der Waals surface area contributed by atoms with Crippen LogP contribution in [0.2, 0.25) is 0 Å². The highest BCUT2D eigenvalue weighted by Crippen LogP contribution is 2.29. The maximum atomic E-state index is 12.1. The molecule has 1 aliphatic rings.